The van der Waals surface area contributed by atoms with Crippen LogP contribution in [-0.4, -0.2) is 11.9 Å². The number of halogens is 1. The molecule has 21 heavy (non-hydrogen) atoms. The number of nitrogens with zero attached hydrogens (tertiary/aromatic N) is 1. The summed E-state index contributed by atoms with van der Waals surface area (Å²) in [4.78, 5) is 24.0. The third-order valence-electron chi connectivity index (χ3n) is 2.66. The molecule has 0 saturated heterocycles. The second-order valence-electron chi connectivity index (χ2n) is 4.07. The molecule has 0 radical (unpaired) electrons. The Morgan fingerprint density at radius 2 is 1.76 bits per heavy atom. The molecule has 2 aromatic carbocycles. The number of nitrogens with two attached hydrogens (primary N) is 1. The van der Waals surface area contributed by atoms with E-state index in [1.54, 1.807) is 48.5 Å². The summed E-state index contributed by atoms with van der Waals surface area (Å²) in [5.41, 5.74) is 3.13. The number of urea groups is 1. The lowest BCUT2D eigenvalue weighted by molar-refractivity contribution is 0.0965. The summed E-state index contributed by atoms with van der Waals surface area (Å²) in [7, 11) is 0. The van der Waals surface area contributed by atoms with E-state index in [1.807, 2.05) is 6.07 Å². The Labute approximate surface area is 130 Å². The van der Waals surface area contributed by atoms with Crippen LogP contribution in [-0.2, 0) is 0 Å². The van der Waals surface area contributed by atoms with Crippen LogP contribution < -0.4 is 21.7 Å². The van der Waals surface area contributed by atoms with Crippen molar-refractivity contribution in [1.82, 2.24) is 10.9 Å². The molecule has 0 atom stereocenters. The number of hydrogen-bond donors (Lipinski definition) is 3. The maximum absolute atomic E-state index is 12.1. The predicted octanol–water partition coefficient (Wildman–Crippen LogP) is 2.18. The molecule has 0 aliphatic rings. The van der Waals surface area contributed by atoms with Crippen LogP contribution in [0.5, 0.6) is 0 Å². The highest BCUT2D eigenvalue weighted by Gasteiger charge is 2.18. The Kier molecular flexibility index (Phi) is 5.04. The first-order valence-corrected chi connectivity index (χ1v) is 6.83. The first-order valence-electron chi connectivity index (χ1n) is 6.04. The van der Waals surface area contributed by atoms with Gasteiger partial charge in [-0.3, -0.25) is 16.0 Å². The molecular formula is C14H13BrN4O2. The molecule has 0 aliphatic carbocycles. The van der Waals surface area contributed by atoms with E-state index in [4.69, 9.17) is 5.84 Å². The Bertz CT molecular complexity index is 648. The lowest BCUT2D eigenvalue weighted by atomic mass is 10.2. The van der Waals surface area contributed by atoms with E-state index in [0.717, 1.165) is 9.48 Å². The summed E-state index contributed by atoms with van der Waals surface area (Å²) >= 11 is 3.30. The van der Waals surface area contributed by atoms with Gasteiger partial charge in [0.25, 0.3) is 5.91 Å². The third kappa shape index (κ3) is 3.88. The van der Waals surface area contributed by atoms with Crippen molar-refractivity contribution in [3.05, 3.63) is 64.6 Å². The molecule has 4 N–H and O–H groups in total. The van der Waals surface area contributed by atoms with E-state index in [-0.39, 0.29) is 0 Å². The fraction of sp³-hybridized carbons (Fsp3) is 0. The zero-order valence-electron chi connectivity index (χ0n) is 10.9. The van der Waals surface area contributed by atoms with Gasteiger partial charge in [0.2, 0.25) is 0 Å². The number of imide groups is 1. The normalized spacial score (nSPS) is 10.0. The van der Waals surface area contributed by atoms with Gasteiger partial charge in [-0.05, 0) is 30.3 Å². The van der Waals surface area contributed by atoms with Gasteiger partial charge in [-0.25, -0.2) is 9.80 Å². The third-order valence-corrected chi connectivity index (χ3v) is 3.15. The molecule has 0 heterocycles. The zero-order chi connectivity index (χ0) is 15.2. The second kappa shape index (κ2) is 6.98. The van der Waals surface area contributed by atoms with Crippen molar-refractivity contribution in [2.75, 3.05) is 5.01 Å². The number of hydrazine groups is 2. The zero-order valence-corrected chi connectivity index (χ0v) is 12.5. The highest BCUT2D eigenvalue weighted by Crippen LogP contribution is 2.18. The van der Waals surface area contributed by atoms with Crippen molar-refractivity contribution in [3.8, 4) is 0 Å². The van der Waals surface area contributed by atoms with E-state index in [2.05, 4.69) is 26.8 Å². The van der Waals surface area contributed by atoms with Crippen molar-refractivity contribution >= 4 is 33.6 Å². The molecule has 0 bridgehead atoms. The van der Waals surface area contributed by atoms with Crippen LogP contribution in [0.4, 0.5) is 10.5 Å². The van der Waals surface area contributed by atoms with Crippen molar-refractivity contribution < 1.29 is 9.59 Å². The van der Waals surface area contributed by atoms with Gasteiger partial charge in [0.1, 0.15) is 0 Å². The number of carbonyl (C=O) groups is 2. The van der Waals surface area contributed by atoms with Gasteiger partial charge < -0.3 is 0 Å². The number of anilines is 1. The molecule has 0 saturated carbocycles. The van der Waals surface area contributed by atoms with Crippen LogP contribution in [0.25, 0.3) is 0 Å². The monoisotopic (exact) mass is 348 g/mol. The molecule has 2 rings (SSSR count). The van der Waals surface area contributed by atoms with Crippen LogP contribution in [0, 0.1) is 0 Å². The van der Waals surface area contributed by atoms with Crippen molar-refractivity contribution in [3.63, 3.8) is 0 Å². The van der Waals surface area contributed by atoms with Crippen LogP contribution in [0.3, 0.4) is 0 Å². The molecule has 6 nitrogen and oxygen atoms in total. The van der Waals surface area contributed by atoms with E-state index < -0.39 is 11.9 Å². The van der Waals surface area contributed by atoms with Gasteiger partial charge in [-0.2, -0.15) is 5.53 Å². The maximum Gasteiger partial charge on any atom is 0.344 e. The molecule has 7 heteroatoms. The van der Waals surface area contributed by atoms with Crippen molar-refractivity contribution in [1.29, 1.82) is 0 Å². The highest BCUT2D eigenvalue weighted by molar-refractivity contribution is 9.10. The number of hydrogen-bond acceptors (Lipinski definition) is 4. The molecule has 3 amide bonds. The quantitative estimate of drug-likeness (QED) is 0.586. The Morgan fingerprint density at radius 3 is 2.38 bits per heavy atom. The second-order valence-corrected chi connectivity index (χ2v) is 4.99. The number of benzene rings is 2. The maximum atomic E-state index is 12.1. The minimum atomic E-state index is -0.676. The number of amides is 3. The Hall–Kier alpha value is -2.22. The summed E-state index contributed by atoms with van der Waals surface area (Å²) in [5, 5.41) is 3.29. The number of carbonyl (C=O) groups excluding carboxylic acids is 2. The lowest BCUT2D eigenvalue weighted by Gasteiger charge is -2.20. The van der Waals surface area contributed by atoms with Gasteiger partial charge >= 0.3 is 6.03 Å². The molecule has 108 valence electrons. The fourth-order valence-corrected chi connectivity index (χ4v) is 2.07. The molecule has 0 unspecified atom stereocenters. The van der Waals surface area contributed by atoms with Gasteiger partial charge in [0, 0.05) is 10.0 Å². The van der Waals surface area contributed by atoms with Crippen LogP contribution >= 0.6 is 15.9 Å². The largest absolute Gasteiger partial charge is 0.344 e. The molecular weight excluding hydrogens is 336 g/mol. The fourth-order valence-electron chi connectivity index (χ4n) is 1.68. The van der Waals surface area contributed by atoms with Crippen molar-refractivity contribution in [2.45, 2.75) is 0 Å². The highest BCUT2D eigenvalue weighted by atomic mass is 79.9. The summed E-state index contributed by atoms with van der Waals surface area (Å²) in [6.07, 6.45) is 0. The molecule has 0 fully saturated rings. The average molecular weight is 349 g/mol. The van der Waals surface area contributed by atoms with E-state index >= 15 is 0 Å². The number of nitrogens with one attached hydrogen (secondary N) is 2. The van der Waals surface area contributed by atoms with Gasteiger partial charge in [-0.1, -0.05) is 40.2 Å². The Morgan fingerprint density at radius 1 is 1.05 bits per heavy atom. The van der Waals surface area contributed by atoms with Gasteiger partial charge in [0.05, 0.1) is 5.69 Å². The van der Waals surface area contributed by atoms with Crippen LogP contribution in [0.2, 0.25) is 0 Å². The molecule has 0 spiro atoms. The van der Waals surface area contributed by atoms with Crippen molar-refractivity contribution in [2.24, 2.45) is 5.84 Å². The minimum Gasteiger partial charge on any atom is -0.272 e. The SMILES string of the molecule is NNN(C(=O)NC(=O)c1ccccc1)c1cccc(Br)c1. The van der Waals surface area contributed by atoms with Gasteiger partial charge in [0.15, 0.2) is 0 Å². The molecule has 0 aromatic heterocycles. The first kappa shape index (κ1) is 15.2. The van der Waals surface area contributed by atoms with Gasteiger partial charge in [-0.15, -0.1) is 0 Å². The smallest absolute Gasteiger partial charge is 0.272 e. The summed E-state index contributed by atoms with van der Waals surface area (Å²) < 4.78 is 0.780. The summed E-state index contributed by atoms with van der Waals surface area (Å²) in [5.74, 6) is 4.85. The average Bonchev–Trinajstić information content (AvgIpc) is 2.49. The predicted molar refractivity (Wildman–Crippen MR) is 83.2 cm³/mol. The summed E-state index contributed by atoms with van der Waals surface area (Å²) in [6.45, 7) is 0. The lowest BCUT2D eigenvalue weighted by Crippen LogP contribution is -2.53. The molecule has 0 aliphatic heterocycles. The van der Waals surface area contributed by atoms with Crippen LogP contribution in [0.15, 0.2) is 59.1 Å². The first-order chi connectivity index (χ1) is 10.1. The van der Waals surface area contributed by atoms with E-state index in [0.29, 0.717) is 11.3 Å². The van der Waals surface area contributed by atoms with Crippen LogP contribution in [0.1, 0.15) is 10.4 Å². The van der Waals surface area contributed by atoms with E-state index in [9.17, 15) is 9.59 Å². The van der Waals surface area contributed by atoms with E-state index in [1.165, 1.54) is 0 Å². The minimum absolute atomic E-state index is 0.386. The molecule has 2 aromatic rings. The Balaban J connectivity index is 2.12. The summed E-state index contributed by atoms with van der Waals surface area (Å²) in [6, 6.07) is 14.7. The number of rotatable bonds is 3. The topological polar surface area (TPSA) is 87.5 Å². The standard InChI is InChI=1S/C14H13BrN4O2/c15-11-7-4-8-12(9-11)19(18-16)14(21)17-13(20)10-5-2-1-3-6-10/h1-9,18H,16H2,(H,17,20,21).